The molecule has 27 heavy (non-hydrogen) atoms. The fourth-order valence-corrected chi connectivity index (χ4v) is 2.73. The normalized spacial score (nSPS) is 11.3. The predicted octanol–water partition coefficient (Wildman–Crippen LogP) is 4.99. The highest BCUT2D eigenvalue weighted by atomic mass is 19.1. The van der Waals surface area contributed by atoms with Crippen LogP contribution in [-0.4, -0.2) is 15.2 Å². The van der Waals surface area contributed by atoms with Crippen LogP contribution in [0.1, 0.15) is 17.0 Å². The third kappa shape index (κ3) is 4.00. The van der Waals surface area contributed by atoms with Gasteiger partial charge in [0.25, 0.3) is 0 Å². The maximum Gasteiger partial charge on any atom is 0.126 e. The van der Waals surface area contributed by atoms with Crippen LogP contribution in [0.15, 0.2) is 60.8 Å². The van der Waals surface area contributed by atoms with Crippen LogP contribution in [0, 0.1) is 11.6 Å². The van der Waals surface area contributed by atoms with Crippen molar-refractivity contribution in [1.82, 2.24) is 15.2 Å². The number of hydrogen-bond acceptors (Lipinski definition) is 3. The van der Waals surface area contributed by atoms with Crippen molar-refractivity contribution in [3.63, 3.8) is 0 Å². The van der Waals surface area contributed by atoms with Gasteiger partial charge in [0.1, 0.15) is 24.0 Å². The molecule has 0 aliphatic rings. The number of benzene rings is 2. The van der Waals surface area contributed by atoms with Crippen LogP contribution >= 0.6 is 0 Å². The molecule has 0 bridgehead atoms. The molecule has 0 aliphatic heterocycles. The Kier molecular flexibility index (Phi) is 4.61. The van der Waals surface area contributed by atoms with Crippen molar-refractivity contribution < 1.29 is 13.5 Å². The monoisotopic (exact) mass is 363 g/mol. The minimum atomic E-state index is -0.624. The van der Waals surface area contributed by atoms with Crippen LogP contribution < -0.4 is 4.74 Å². The Morgan fingerprint density at radius 3 is 2.59 bits per heavy atom. The number of hydrogen-bond donors (Lipinski definition) is 1. The number of ether oxygens (including phenoxy) is 1. The van der Waals surface area contributed by atoms with Crippen molar-refractivity contribution in [2.45, 2.75) is 6.61 Å². The maximum absolute atomic E-state index is 13.3. The molecule has 0 saturated heterocycles. The van der Waals surface area contributed by atoms with Gasteiger partial charge in [0, 0.05) is 17.6 Å². The molecule has 0 aliphatic carbocycles. The van der Waals surface area contributed by atoms with Crippen LogP contribution in [0.2, 0.25) is 0 Å². The number of nitrogens with zero attached hydrogens (tertiary/aromatic N) is 2. The summed E-state index contributed by atoms with van der Waals surface area (Å²) in [6.07, 6.45) is 5.47. The third-order valence-electron chi connectivity index (χ3n) is 3.99. The lowest BCUT2D eigenvalue weighted by molar-refractivity contribution is 0.305. The largest absolute Gasteiger partial charge is 0.489 e. The predicted molar refractivity (Wildman–Crippen MR) is 99.9 cm³/mol. The Labute approximate surface area is 154 Å². The molecule has 0 spiro atoms. The van der Waals surface area contributed by atoms with Crippen molar-refractivity contribution in [2.24, 2.45) is 0 Å². The van der Waals surface area contributed by atoms with E-state index in [0.717, 1.165) is 28.4 Å². The highest BCUT2D eigenvalue weighted by Crippen LogP contribution is 2.24. The molecule has 0 saturated carbocycles. The first kappa shape index (κ1) is 16.9. The summed E-state index contributed by atoms with van der Waals surface area (Å²) in [5.41, 5.74) is 2.86. The summed E-state index contributed by atoms with van der Waals surface area (Å²) in [6.45, 7) is 0.0666. The number of nitrogens with one attached hydrogen (secondary N) is 1. The van der Waals surface area contributed by atoms with Gasteiger partial charge in [-0.3, -0.25) is 10.1 Å². The molecule has 2 aromatic carbocycles. The summed E-state index contributed by atoms with van der Waals surface area (Å²) in [6, 6.07) is 14.5. The highest BCUT2D eigenvalue weighted by Gasteiger charge is 2.06. The molecule has 2 heterocycles. The molecule has 6 heteroatoms. The molecule has 0 atom stereocenters. The summed E-state index contributed by atoms with van der Waals surface area (Å²) < 4.78 is 32.2. The average Bonchev–Trinajstić information content (AvgIpc) is 3.07. The van der Waals surface area contributed by atoms with Gasteiger partial charge in [0.15, 0.2) is 0 Å². The van der Waals surface area contributed by atoms with E-state index in [1.165, 1.54) is 12.1 Å². The van der Waals surface area contributed by atoms with E-state index in [2.05, 4.69) is 15.2 Å². The lowest BCUT2D eigenvalue weighted by atomic mass is 10.2. The zero-order chi connectivity index (χ0) is 18.6. The molecule has 134 valence electrons. The quantitative estimate of drug-likeness (QED) is 0.544. The van der Waals surface area contributed by atoms with E-state index >= 15 is 0 Å². The Balaban J connectivity index is 1.55. The molecule has 0 radical (unpaired) electrons. The molecular weight excluding hydrogens is 348 g/mol. The first-order valence-electron chi connectivity index (χ1n) is 8.32. The summed E-state index contributed by atoms with van der Waals surface area (Å²) in [5, 5.41) is 8.14. The number of halogens is 2. The highest BCUT2D eigenvalue weighted by molar-refractivity contribution is 5.90. The average molecular weight is 363 g/mol. The Hall–Kier alpha value is -3.54. The molecule has 4 nitrogen and oxygen atoms in total. The number of aromatic nitrogens is 3. The van der Waals surface area contributed by atoms with Crippen molar-refractivity contribution in [1.29, 1.82) is 0 Å². The summed E-state index contributed by atoms with van der Waals surface area (Å²) in [7, 11) is 0. The van der Waals surface area contributed by atoms with Crippen LogP contribution in [0.4, 0.5) is 8.78 Å². The zero-order valence-electron chi connectivity index (χ0n) is 14.2. The zero-order valence-corrected chi connectivity index (χ0v) is 14.2. The molecule has 0 fully saturated rings. The molecule has 2 aromatic heterocycles. The minimum absolute atomic E-state index is 0.0666. The fraction of sp³-hybridized carbons (Fsp3) is 0.0476. The van der Waals surface area contributed by atoms with E-state index in [1.807, 2.05) is 42.5 Å². The van der Waals surface area contributed by atoms with E-state index in [-0.39, 0.29) is 6.61 Å². The van der Waals surface area contributed by atoms with Crippen molar-refractivity contribution in [2.75, 3.05) is 0 Å². The van der Waals surface area contributed by atoms with Gasteiger partial charge in [-0.25, -0.2) is 8.78 Å². The lowest BCUT2D eigenvalue weighted by Gasteiger charge is -2.07. The van der Waals surface area contributed by atoms with Gasteiger partial charge in [0.2, 0.25) is 0 Å². The summed E-state index contributed by atoms with van der Waals surface area (Å²) in [5.74, 6) is -0.664. The molecular formula is C21H15F2N3O. The minimum Gasteiger partial charge on any atom is -0.489 e. The van der Waals surface area contributed by atoms with E-state index in [9.17, 15) is 8.78 Å². The number of rotatable bonds is 5. The Bertz CT molecular complexity index is 1090. The van der Waals surface area contributed by atoms with Gasteiger partial charge in [-0.2, -0.15) is 5.10 Å². The first-order valence-corrected chi connectivity index (χ1v) is 8.32. The van der Waals surface area contributed by atoms with E-state index in [0.29, 0.717) is 11.3 Å². The third-order valence-corrected chi connectivity index (χ3v) is 3.99. The van der Waals surface area contributed by atoms with E-state index < -0.39 is 11.6 Å². The van der Waals surface area contributed by atoms with Crippen LogP contribution in [0.3, 0.4) is 0 Å². The van der Waals surface area contributed by atoms with Crippen molar-refractivity contribution in [3.05, 3.63) is 89.4 Å². The lowest BCUT2D eigenvalue weighted by Crippen LogP contribution is -1.97. The molecule has 0 unspecified atom stereocenters. The van der Waals surface area contributed by atoms with Gasteiger partial charge in [-0.1, -0.05) is 6.07 Å². The number of aromatic amines is 1. The molecule has 0 amide bonds. The smallest absolute Gasteiger partial charge is 0.126 e. The molecule has 1 N–H and O–H groups in total. The van der Waals surface area contributed by atoms with Crippen LogP contribution in [0.25, 0.3) is 23.1 Å². The summed E-state index contributed by atoms with van der Waals surface area (Å²) in [4.78, 5) is 4.24. The van der Waals surface area contributed by atoms with Crippen molar-refractivity contribution in [3.8, 4) is 5.75 Å². The van der Waals surface area contributed by atoms with Gasteiger partial charge in [-0.05, 0) is 60.2 Å². The molecule has 4 rings (SSSR count). The maximum atomic E-state index is 13.3. The van der Waals surface area contributed by atoms with Crippen LogP contribution in [-0.2, 0) is 6.61 Å². The molecule has 4 aromatic rings. The standard InChI is InChI=1S/C21H15F2N3O/c22-15-9-14(10-16(23)11-15)13-27-18-5-7-21-19(12-18)20(25-26-21)6-4-17-3-1-2-8-24-17/h1-12H,13H2,(H,25,26)/b6-4+. The summed E-state index contributed by atoms with van der Waals surface area (Å²) >= 11 is 0. The van der Waals surface area contributed by atoms with Gasteiger partial charge >= 0.3 is 0 Å². The second-order valence-electron chi connectivity index (χ2n) is 5.97. The Morgan fingerprint density at radius 1 is 0.963 bits per heavy atom. The van der Waals surface area contributed by atoms with Crippen LogP contribution in [0.5, 0.6) is 5.75 Å². The van der Waals surface area contributed by atoms with E-state index in [4.69, 9.17) is 4.74 Å². The Morgan fingerprint density at radius 2 is 1.81 bits per heavy atom. The topological polar surface area (TPSA) is 50.8 Å². The number of pyridine rings is 1. The number of H-pyrrole nitrogens is 1. The van der Waals surface area contributed by atoms with E-state index in [1.54, 1.807) is 12.3 Å². The SMILES string of the molecule is Fc1cc(F)cc(COc2ccc3[nH]nc(/C=C/c4ccccn4)c3c2)c1. The first-order chi connectivity index (χ1) is 13.2. The fourth-order valence-electron chi connectivity index (χ4n) is 2.73. The van der Waals surface area contributed by atoms with Gasteiger partial charge in [0.05, 0.1) is 16.9 Å². The number of fused-ring (bicyclic) bond motifs is 1. The van der Waals surface area contributed by atoms with Crippen molar-refractivity contribution >= 4 is 23.1 Å². The van der Waals surface area contributed by atoms with Gasteiger partial charge in [-0.15, -0.1) is 0 Å². The van der Waals surface area contributed by atoms with Gasteiger partial charge < -0.3 is 4.74 Å². The second kappa shape index (κ2) is 7.37. The second-order valence-corrected chi connectivity index (χ2v) is 5.97.